The van der Waals surface area contributed by atoms with Crippen LogP contribution in [-0.4, -0.2) is 24.9 Å². The van der Waals surface area contributed by atoms with Gasteiger partial charge in [-0.25, -0.2) is 0 Å². The van der Waals surface area contributed by atoms with Crippen molar-refractivity contribution in [2.24, 2.45) is 5.73 Å². The average molecular weight is 221 g/mol. The van der Waals surface area contributed by atoms with Crippen LogP contribution in [0.25, 0.3) is 0 Å². The zero-order chi connectivity index (χ0) is 12.1. The molecule has 1 unspecified atom stereocenters. The molecule has 1 aromatic rings. The van der Waals surface area contributed by atoms with Gasteiger partial charge in [-0.2, -0.15) is 0 Å². The smallest absolute Gasteiger partial charge is 0.323 e. The van der Waals surface area contributed by atoms with Crippen molar-refractivity contribution in [1.82, 2.24) is 0 Å². The first-order chi connectivity index (χ1) is 7.56. The molecule has 0 aliphatic heterocycles. The van der Waals surface area contributed by atoms with E-state index in [-0.39, 0.29) is 12.2 Å². The summed E-state index contributed by atoms with van der Waals surface area (Å²) in [4.78, 5) is 22.9. The first-order valence-corrected chi connectivity index (χ1v) is 4.98. The molecule has 1 atom stereocenters. The fourth-order valence-corrected chi connectivity index (χ4v) is 1.43. The Bertz CT molecular complexity index is 401. The largest absolute Gasteiger partial charge is 0.468 e. The predicted molar refractivity (Wildman–Crippen MR) is 60.1 cm³/mol. The number of carbonyl (C=O) groups is 2. The van der Waals surface area contributed by atoms with Gasteiger partial charge in [-0.3, -0.25) is 9.59 Å². The Balaban J connectivity index is 2.73. The summed E-state index contributed by atoms with van der Waals surface area (Å²) >= 11 is 0. The molecule has 0 aliphatic rings. The number of esters is 1. The molecule has 16 heavy (non-hydrogen) atoms. The summed E-state index contributed by atoms with van der Waals surface area (Å²) in [5.74, 6) is -0.710. The molecule has 4 heteroatoms. The topological polar surface area (TPSA) is 69.4 Å². The van der Waals surface area contributed by atoms with E-state index in [0.29, 0.717) is 5.56 Å². The Morgan fingerprint density at radius 2 is 2.00 bits per heavy atom. The lowest BCUT2D eigenvalue weighted by atomic mass is 10.00. The number of hydrogen-bond acceptors (Lipinski definition) is 4. The van der Waals surface area contributed by atoms with Crippen LogP contribution in [0.5, 0.6) is 0 Å². The minimum absolute atomic E-state index is 0.0302. The first kappa shape index (κ1) is 12.4. The van der Waals surface area contributed by atoms with Crippen LogP contribution in [0.2, 0.25) is 0 Å². The van der Waals surface area contributed by atoms with E-state index >= 15 is 0 Å². The maximum absolute atomic E-state index is 11.8. The molecular formula is C12H15NO3. The second-order valence-corrected chi connectivity index (χ2v) is 3.57. The van der Waals surface area contributed by atoms with Crippen LogP contribution in [-0.2, 0) is 9.53 Å². The lowest BCUT2D eigenvalue weighted by Gasteiger charge is -2.09. The van der Waals surface area contributed by atoms with Gasteiger partial charge in [0.1, 0.15) is 6.04 Å². The average Bonchev–Trinajstić information content (AvgIpc) is 2.28. The number of nitrogens with two attached hydrogens (primary N) is 1. The van der Waals surface area contributed by atoms with Crippen LogP contribution < -0.4 is 5.73 Å². The minimum atomic E-state index is -0.892. The highest BCUT2D eigenvalue weighted by Gasteiger charge is 2.19. The summed E-state index contributed by atoms with van der Waals surface area (Å²) in [5, 5.41) is 0. The van der Waals surface area contributed by atoms with E-state index < -0.39 is 12.0 Å². The van der Waals surface area contributed by atoms with E-state index in [9.17, 15) is 9.59 Å². The summed E-state index contributed by atoms with van der Waals surface area (Å²) in [5.41, 5.74) is 7.00. The maximum atomic E-state index is 11.8. The van der Waals surface area contributed by atoms with Gasteiger partial charge in [-0.1, -0.05) is 24.3 Å². The van der Waals surface area contributed by atoms with Crippen molar-refractivity contribution in [3.05, 3.63) is 35.4 Å². The molecule has 0 heterocycles. The van der Waals surface area contributed by atoms with Crippen molar-refractivity contribution in [2.45, 2.75) is 19.4 Å². The SMILES string of the molecule is COC(=O)C(N)CC(=O)c1ccccc1C. The van der Waals surface area contributed by atoms with E-state index in [1.165, 1.54) is 7.11 Å². The number of rotatable bonds is 4. The molecule has 0 spiro atoms. The lowest BCUT2D eigenvalue weighted by Crippen LogP contribution is -2.34. The monoisotopic (exact) mass is 221 g/mol. The second kappa shape index (κ2) is 5.42. The van der Waals surface area contributed by atoms with Crippen LogP contribution in [0.3, 0.4) is 0 Å². The highest BCUT2D eigenvalue weighted by atomic mass is 16.5. The zero-order valence-corrected chi connectivity index (χ0v) is 9.40. The first-order valence-electron chi connectivity index (χ1n) is 4.98. The number of Topliss-reactive ketones (excluding diaryl/α,β-unsaturated/α-hetero) is 1. The Kier molecular flexibility index (Phi) is 4.19. The molecule has 0 saturated carbocycles. The van der Waals surface area contributed by atoms with E-state index in [0.717, 1.165) is 5.56 Å². The van der Waals surface area contributed by atoms with Crippen LogP contribution in [0.1, 0.15) is 22.3 Å². The van der Waals surface area contributed by atoms with Gasteiger partial charge in [0.25, 0.3) is 0 Å². The zero-order valence-electron chi connectivity index (χ0n) is 9.40. The number of hydrogen-bond donors (Lipinski definition) is 1. The van der Waals surface area contributed by atoms with Gasteiger partial charge in [0.2, 0.25) is 0 Å². The quantitative estimate of drug-likeness (QED) is 0.610. The predicted octanol–water partition coefficient (Wildman–Crippen LogP) is 1.07. The van der Waals surface area contributed by atoms with E-state index in [4.69, 9.17) is 5.73 Å². The highest BCUT2D eigenvalue weighted by Crippen LogP contribution is 2.10. The standard InChI is InChI=1S/C12H15NO3/c1-8-5-3-4-6-9(8)11(14)7-10(13)12(15)16-2/h3-6,10H,7,13H2,1-2H3. The molecular weight excluding hydrogens is 206 g/mol. The van der Waals surface area contributed by atoms with Crippen LogP contribution in [0.4, 0.5) is 0 Å². The molecule has 1 aromatic carbocycles. The van der Waals surface area contributed by atoms with Gasteiger partial charge in [-0.05, 0) is 12.5 Å². The van der Waals surface area contributed by atoms with Crippen molar-refractivity contribution in [2.75, 3.05) is 7.11 Å². The minimum Gasteiger partial charge on any atom is -0.468 e. The number of methoxy groups -OCH3 is 1. The third kappa shape index (κ3) is 2.90. The van der Waals surface area contributed by atoms with Crippen LogP contribution in [0.15, 0.2) is 24.3 Å². The van der Waals surface area contributed by atoms with Crippen molar-refractivity contribution < 1.29 is 14.3 Å². The molecule has 1 rings (SSSR count). The van der Waals surface area contributed by atoms with Gasteiger partial charge in [0.15, 0.2) is 5.78 Å². The molecule has 0 aliphatic carbocycles. The summed E-state index contributed by atoms with van der Waals surface area (Å²) in [7, 11) is 1.25. The van der Waals surface area contributed by atoms with Crippen LogP contribution in [0, 0.1) is 6.92 Å². The number of ether oxygens (including phenoxy) is 1. The van der Waals surface area contributed by atoms with Gasteiger partial charge < -0.3 is 10.5 Å². The Labute approximate surface area is 94.4 Å². The molecule has 86 valence electrons. The third-order valence-electron chi connectivity index (χ3n) is 2.35. The van der Waals surface area contributed by atoms with Gasteiger partial charge >= 0.3 is 5.97 Å². The third-order valence-corrected chi connectivity index (χ3v) is 2.35. The Morgan fingerprint density at radius 1 is 1.38 bits per heavy atom. The molecule has 0 fully saturated rings. The van der Waals surface area contributed by atoms with Crippen molar-refractivity contribution in [3.63, 3.8) is 0 Å². The number of aryl methyl sites for hydroxylation is 1. The molecule has 2 N–H and O–H groups in total. The molecule has 0 amide bonds. The molecule has 0 bridgehead atoms. The summed E-state index contributed by atoms with van der Waals surface area (Å²) in [6.45, 7) is 1.84. The van der Waals surface area contributed by atoms with E-state index in [1.54, 1.807) is 12.1 Å². The highest BCUT2D eigenvalue weighted by molar-refractivity contribution is 5.99. The van der Waals surface area contributed by atoms with Crippen molar-refractivity contribution >= 4 is 11.8 Å². The van der Waals surface area contributed by atoms with Gasteiger partial charge in [-0.15, -0.1) is 0 Å². The summed E-state index contributed by atoms with van der Waals surface area (Å²) in [6, 6.07) is 6.31. The van der Waals surface area contributed by atoms with E-state index in [2.05, 4.69) is 4.74 Å². The fourth-order valence-electron chi connectivity index (χ4n) is 1.43. The second-order valence-electron chi connectivity index (χ2n) is 3.57. The number of benzene rings is 1. The summed E-state index contributed by atoms with van der Waals surface area (Å²) in [6.07, 6.45) is -0.0302. The van der Waals surface area contributed by atoms with Crippen molar-refractivity contribution in [1.29, 1.82) is 0 Å². The molecule has 0 aromatic heterocycles. The maximum Gasteiger partial charge on any atom is 0.323 e. The lowest BCUT2D eigenvalue weighted by molar-refractivity contribution is -0.142. The van der Waals surface area contributed by atoms with Crippen molar-refractivity contribution in [3.8, 4) is 0 Å². The Hall–Kier alpha value is -1.68. The molecule has 0 radical (unpaired) electrons. The van der Waals surface area contributed by atoms with Gasteiger partial charge in [0, 0.05) is 12.0 Å². The van der Waals surface area contributed by atoms with Crippen LogP contribution >= 0.6 is 0 Å². The van der Waals surface area contributed by atoms with Gasteiger partial charge in [0.05, 0.1) is 7.11 Å². The number of carbonyl (C=O) groups excluding carboxylic acids is 2. The summed E-state index contributed by atoms with van der Waals surface area (Å²) < 4.78 is 4.46. The number of ketones is 1. The Morgan fingerprint density at radius 3 is 2.56 bits per heavy atom. The normalized spacial score (nSPS) is 11.9. The molecule has 0 saturated heterocycles. The van der Waals surface area contributed by atoms with E-state index in [1.807, 2.05) is 19.1 Å². The molecule has 4 nitrogen and oxygen atoms in total. The fraction of sp³-hybridized carbons (Fsp3) is 0.333.